The lowest BCUT2D eigenvalue weighted by Crippen LogP contribution is -2.57. The van der Waals surface area contributed by atoms with Crippen LogP contribution in [0, 0.1) is 0 Å². The number of aryl methyl sites for hydroxylation is 1. The van der Waals surface area contributed by atoms with Gasteiger partial charge in [0.1, 0.15) is 11.4 Å². The summed E-state index contributed by atoms with van der Waals surface area (Å²) in [4.78, 5) is 50.1. The van der Waals surface area contributed by atoms with Crippen LogP contribution in [0.25, 0.3) is 0 Å². The van der Waals surface area contributed by atoms with Gasteiger partial charge in [-0.3, -0.25) is 19.7 Å². The molecule has 3 aliphatic heterocycles. The number of rotatable bonds is 3. The average molecular weight is 454 g/mol. The largest absolute Gasteiger partial charge is 0.483 e. The van der Waals surface area contributed by atoms with Gasteiger partial charge in [-0.2, -0.15) is 0 Å². The van der Waals surface area contributed by atoms with Gasteiger partial charge in [0, 0.05) is 32.6 Å². The maximum atomic E-state index is 13.1. The molecule has 3 aliphatic rings. The Bertz CT molecular complexity index is 1040. The minimum atomic E-state index is -0.909. The summed E-state index contributed by atoms with van der Waals surface area (Å²) in [6, 6.07) is 9.27. The Morgan fingerprint density at radius 2 is 1.79 bits per heavy atom. The first kappa shape index (κ1) is 22.4. The van der Waals surface area contributed by atoms with Crippen LogP contribution in [-0.2, 0) is 29.1 Å². The molecule has 0 saturated carbocycles. The number of carbonyl (C=O) groups excluding carboxylic acids is 3. The normalized spacial score (nSPS) is 18.9. The first-order valence-corrected chi connectivity index (χ1v) is 11.0. The Morgan fingerprint density at radius 3 is 2.48 bits per heavy atom. The molecule has 11 heteroatoms. The van der Waals surface area contributed by atoms with Crippen molar-refractivity contribution in [1.29, 1.82) is 0 Å². The summed E-state index contributed by atoms with van der Waals surface area (Å²) in [5.41, 5.74) is 0.0591. The van der Waals surface area contributed by atoms with E-state index in [1.165, 1.54) is 0 Å². The molecule has 174 valence electrons. The molecular weight excluding hydrogens is 428 g/mol. The van der Waals surface area contributed by atoms with Crippen molar-refractivity contribution < 1.29 is 24.3 Å². The molecule has 5 rings (SSSR count). The summed E-state index contributed by atoms with van der Waals surface area (Å²) in [5, 5.41) is 17.7. The van der Waals surface area contributed by atoms with Crippen molar-refractivity contribution in [2.24, 2.45) is 0 Å². The minimum Gasteiger partial charge on any atom is -0.483 e. The van der Waals surface area contributed by atoms with Crippen LogP contribution in [0.3, 0.4) is 0 Å². The third-order valence-corrected chi connectivity index (χ3v) is 6.52. The van der Waals surface area contributed by atoms with Gasteiger partial charge < -0.3 is 19.5 Å². The smallest absolute Gasteiger partial charge is 0.325 e. The third kappa shape index (κ3) is 4.18. The molecule has 0 aliphatic carbocycles. The number of fused-ring (bicyclic) bond motifs is 1. The van der Waals surface area contributed by atoms with Crippen LogP contribution in [0.5, 0.6) is 0 Å². The summed E-state index contributed by atoms with van der Waals surface area (Å²) in [6.45, 7) is 1.67. The van der Waals surface area contributed by atoms with E-state index in [0.29, 0.717) is 38.3 Å². The van der Waals surface area contributed by atoms with Crippen LogP contribution in [0.4, 0.5) is 4.79 Å². The van der Waals surface area contributed by atoms with Crippen molar-refractivity contribution in [1.82, 2.24) is 29.9 Å². The number of urea groups is 1. The standard InChI is InChI=1S/C21H24N6O3.CH2O2/c28-18(17-24-23-16-8-4-5-11-26(16)17)25-12-9-21(10-13-25)19(29)22-20(30)27(21)14-15-6-2-1-3-7-15;2-1-3/h1-3,6-7H,4-5,8-14H2,(H,22,29,30);1H,(H,2,3). The number of piperidine rings is 1. The highest BCUT2D eigenvalue weighted by molar-refractivity contribution is 6.07. The van der Waals surface area contributed by atoms with Gasteiger partial charge in [-0.05, 0) is 31.2 Å². The number of aromatic nitrogens is 3. The summed E-state index contributed by atoms with van der Waals surface area (Å²) < 4.78 is 1.92. The van der Waals surface area contributed by atoms with Crippen molar-refractivity contribution in [3.05, 3.63) is 47.5 Å². The predicted molar refractivity (Wildman–Crippen MR) is 115 cm³/mol. The van der Waals surface area contributed by atoms with E-state index in [1.54, 1.807) is 9.80 Å². The number of hydrogen-bond acceptors (Lipinski definition) is 6. The lowest BCUT2D eigenvalue weighted by Gasteiger charge is -2.42. The van der Waals surface area contributed by atoms with Gasteiger partial charge in [0.15, 0.2) is 0 Å². The Balaban J connectivity index is 0.000000821. The Hall–Kier alpha value is -3.76. The minimum absolute atomic E-state index is 0.148. The number of imide groups is 1. The second-order valence-electron chi connectivity index (χ2n) is 8.31. The molecule has 2 N–H and O–H groups in total. The number of carbonyl (C=O) groups is 4. The van der Waals surface area contributed by atoms with E-state index < -0.39 is 5.54 Å². The molecule has 4 amide bonds. The molecule has 2 fully saturated rings. The number of hydrogen-bond donors (Lipinski definition) is 2. The summed E-state index contributed by atoms with van der Waals surface area (Å²) in [6.07, 6.45) is 3.75. The Labute approximate surface area is 190 Å². The first-order valence-electron chi connectivity index (χ1n) is 11.0. The molecule has 2 aromatic rings. The fraction of sp³-hybridized carbons (Fsp3) is 0.455. The highest BCUT2D eigenvalue weighted by Crippen LogP contribution is 2.35. The second-order valence-corrected chi connectivity index (χ2v) is 8.31. The topological polar surface area (TPSA) is 138 Å². The maximum absolute atomic E-state index is 13.1. The summed E-state index contributed by atoms with van der Waals surface area (Å²) in [7, 11) is 0. The molecule has 2 saturated heterocycles. The van der Waals surface area contributed by atoms with Crippen molar-refractivity contribution in [2.45, 2.75) is 50.7 Å². The van der Waals surface area contributed by atoms with Crippen molar-refractivity contribution in [3.8, 4) is 0 Å². The number of carboxylic acid groups (broad SMARTS) is 1. The van der Waals surface area contributed by atoms with E-state index in [0.717, 1.165) is 37.2 Å². The number of nitrogens with one attached hydrogen (secondary N) is 1. The Kier molecular flexibility index (Phi) is 6.38. The zero-order valence-electron chi connectivity index (χ0n) is 18.1. The van der Waals surface area contributed by atoms with Crippen LogP contribution >= 0.6 is 0 Å². The SMILES string of the molecule is O=C(c1nnc2n1CCCC2)N1CCC2(CC1)C(=O)NC(=O)N2Cc1ccccc1.O=CO. The van der Waals surface area contributed by atoms with Gasteiger partial charge in [-0.15, -0.1) is 10.2 Å². The summed E-state index contributed by atoms with van der Waals surface area (Å²) >= 11 is 0. The number of nitrogens with zero attached hydrogens (tertiary/aromatic N) is 5. The van der Waals surface area contributed by atoms with Crippen LogP contribution in [0.1, 0.15) is 47.7 Å². The van der Waals surface area contributed by atoms with Crippen LogP contribution in [0.2, 0.25) is 0 Å². The highest BCUT2D eigenvalue weighted by Gasteiger charge is 2.54. The van der Waals surface area contributed by atoms with Crippen LogP contribution < -0.4 is 5.32 Å². The van der Waals surface area contributed by atoms with E-state index in [-0.39, 0.29) is 24.3 Å². The van der Waals surface area contributed by atoms with Gasteiger partial charge in [0.25, 0.3) is 18.3 Å². The molecule has 11 nitrogen and oxygen atoms in total. The molecule has 0 radical (unpaired) electrons. The Morgan fingerprint density at radius 1 is 1.09 bits per heavy atom. The predicted octanol–water partition coefficient (Wildman–Crippen LogP) is 1.04. The molecule has 33 heavy (non-hydrogen) atoms. The number of amides is 4. The molecular formula is C22H26N6O5. The lowest BCUT2D eigenvalue weighted by atomic mass is 9.85. The number of likely N-dealkylation sites (tertiary alicyclic amines) is 1. The van der Waals surface area contributed by atoms with Gasteiger partial charge in [0.2, 0.25) is 5.82 Å². The molecule has 1 aromatic carbocycles. The van der Waals surface area contributed by atoms with Crippen LogP contribution in [-0.4, -0.2) is 72.6 Å². The van der Waals surface area contributed by atoms with E-state index in [9.17, 15) is 14.4 Å². The third-order valence-electron chi connectivity index (χ3n) is 6.52. The zero-order chi connectivity index (χ0) is 23.4. The fourth-order valence-corrected chi connectivity index (χ4v) is 4.77. The molecule has 0 atom stereocenters. The first-order chi connectivity index (χ1) is 16.0. The van der Waals surface area contributed by atoms with Gasteiger partial charge in [0.05, 0.1) is 0 Å². The fourth-order valence-electron chi connectivity index (χ4n) is 4.77. The van der Waals surface area contributed by atoms with Gasteiger partial charge >= 0.3 is 6.03 Å². The summed E-state index contributed by atoms with van der Waals surface area (Å²) in [5.74, 6) is 0.835. The van der Waals surface area contributed by atoms with Crippen molar-refractivity contribution >= 4 is 24.3 Å². The number of benzene rings is 1. The maximum Gasteiger partial charge on any atom is 0.325 e. The molecule has 1 spiro atoms. The van der Waals surface area contributed by atoms with E-state index >= 15 is 0 Å². The van der Waals surface area contributed by atoms with E-state index in [1.807, 2.05) is 34.9 Å². The van der Waals surface area contributed by atoms with Crippen LogP contribution in [0.15, 0.2) is 30.3 Å². The monoisotopic (exact) mass is 454 g/mol. The lowest BCUT2D eigenvalue weighted by molar-refractivity contribution is -0.129. The molecule has 1 aromatic heterocycles. The highest BCUT2D eigenvalue weighted by atomic mass is 16.3. The second kappa shape index (κ2) is 9.39. The van der Waals surface area contributed by atoms with Crippen molar-refractivity contribution in [2.75, 3.05) is 13.1 Å². The molecule has 4 heterocycles. The van der Waals surface area contributed by atoms with Gasteiger partial charge in [-0.1, -0.05) is 30.3 Å². The molecule has 0 bridgehead atoms. The van der Waals surface area contributed by atoms with E-state index in [2.05, 4.69) is 15.5 Å². The quantitative estimate of drug-likeness (QED) is 0.522. The molecule has 0 unspecified atom stereocenters. The zero-order valence-corrected chi connectivity index (χ0v) is 18.1. The average Bonchev–Trinajstić information content (AvgIpc) is 3.36. The van der Waals surface area contributed by atoms with Gasteiger partial charge in [-0.25, -0.2) is 4.79 Å². The van der Waals surface area contributed by atoms with Crippen molar-refractivity contribution in [3.63, 3.8) is 0 Å². The van der Waals surface area contributed by atoms with E-state index in [4.69, 9.17) is 9.90 Å².